The van der Waals surface area contributed by atoms with Crippen molar-refractivity contribution in [3.63, 3.8) is 0 Å². The van der Waals surface area contributed by atoms with Gasteiger partial charge in [-0.15, -0.1) is 11.8 Å². The Hall–Kier alpha value is -2.25. The summed E-state index contributed by atoms with van der Waals surface area (Å²) < 4.78 is 16.2. The molecule has 0 radical (unpaired) electrons. The maximum Gasteiger partial charge on any atom is 0.352 e. The zero-order valence-corrected chi connectivity index (χ0v) is 21.0. The van der Waals surface area contributed by atoms with Crippen LogP contribution in [-0.4, -0.2) is 77.2 Å². The molecule has 10 nitrogen and oxygen atoms in total. The Kier molecular flexibility index (Phi) is 7.40. The number of aliphatic carboxylic acids is 1. The van der Waals surface area contributed by atoms with E-state index in [1.54, 1.807) is 0 Å². The second-order valence-electron chi connectivity index (χ2n) is 6.63. The lowest BCUT2D eigenvalue weighted by molar-refractivity contribution is -0.148. The normalized spacial score (nSPS) is 20.2. The number of phenolic OH excluding ortho intramolecular Hbond substituents is 1. The summed E-state index contributed by atoms with van der Waals surface area (Å²) in [6, 6.07) is -0.853. The van der Waals surface area contributed by atoms with E-state index in [2.05, 4.69) is 36.9 Å². The average Bonchev–Trinajstić information content (AvgIpc) is 2.75. The number of carboxylic acid groups (broad SMARTS) is 1. The fourth-order valence-corrected chi connectivity index (χ4v) is 6.17. The van der Waals surface area contributed by atoms with Gasteiger partial charge >= 0.3 is 11.9 Å². The molecule has 2 aliphatic heterocycles. The monoisotopic (exact) mass is 592 g/mol. The van der Waals surface area contributed by atoms with Crippen molar-refractivity contribution in [1.29, 1.82) is 0 Å². The number of halogens is 2. The maximum absolute atomic E-state index is 12.8. The van der Waals surface area contributed by atoms with E-state index >= 15 is 0 Å². The number of carbonyl (C=O) groups excluding carboxylic acids is 2. The van der Waals surface area contributed by atoms with Gasteiger partial charge in [-0.05, 0) is 31.9 Å². The standard InChI is InChI=1S/C19H18Br2N2O8S/c1-7(24)31-5-8-6-32-18-12(17(26)23(18)13(8)19(27)28)22-4-9-14(25)10(20)16(30-3)11(21)15(9)29-2/h4,12,18,25H,5-6H2,1-3H3,(H,27,28)/t12-,18-/m1/s1. The molecule has 1 aromatic carbocycles. The molecule has 0 aromatic heterocycles. The number of thioether (sulfide) groups is 1. The Balaban J connectivity index is 1.91. The molecule has 3 rings (SSSR count). The Morgan fingerprint density at radius 3 is 2.47 bits per heavy atom. The van der Waals surface area contributed by atoms with Crippen LogP contribution in [0.3, 0.4) is 0 Å². The van der Waals surface area contributed by atoms with Crippen molar-refractivity contribution in [2.24, 2.45) is 4.99 Å². The van der Waals surface area contributed by atoms with Crippen molar-refractivity contribution in [3.8, 4) is 17.2 Å². The van der Waals surface area contributed by atoms with Crippen LogP contribution in [0.15, 0.2) is 25.2 Å². The maximum atomic E-state index is 12.8. The van der Waals surface area contributed by atoms with Gasteiger partial charge < -0.3 is 24.4 Å². The first-order valence-corrected chi connectivity index (χ1v) is 11.7. The zero-order valence-electron chi connectivity index (χ0n) is 17.0. The van der Waals surface area contributed by atoms with E-state index in [0.29, 0.717) is 15.8 Å². The number of rotatable bonds is 7. The van der Waals surface area contributed by atoms with Gasteiger partial charge in [0.2, 0.25) is 0 Å². The van der Waals surface area contributed by atoms with Crippen molar-refractivity contribution in [2.75, 3.05) is 26.6 Å². The Morgan fingerprint density at radius 2 is 1.91 bits per heavy atom. The molecule has 0 spiro atoms. The molecule has 2 heterocycles. The van der Waals surface area contributed by atoms with Crippen molar-refractivity contribution in [3.05, 3.63) is 25.8 Å². The Labute approximate surface area is 203 Å². The number of carboxylic acids is 1. The lowest BCUT2D eigenvalue weighted by Gasteiger charge is -2.47. The molecule has 0 unspecified atom stereocenters. The molecule has 1 aromatic rings. The summed E-state index contributed by atoms with van der Waals surface area (Å²) in [5, 5.41) is 19.6. The third-order valence-electron chi connectivity index (χ3n) is 4.75. The molecule has 172 valence electrons. The number of hydrogen-bond donors (Lipinski definition) is 2. The molecule has 0 saturated carbocycles. The number of amides is 1. The molecular weight excluding hydrogens is 576 g/mol. The number of β-lactam (4-membered cyclic amide) rings is 1. The van der Waals surface area contributed by atoms with Gasteiger partial charge in [-0.2, -0.15) is 0 Å². The summed E-state index contributed by atoms with van der Waals surface area (Å²) in [7, 11) is 2.84. The Bertz CT molecular complexity index is 1060. The van der Waals surface area contributed by atoms with Crippen LogP contribution in [0, 0.1) is 0 Å². The summed E-state index contributed by atoms with van der Waals surface area (Å²) in [4.78, 5) is 41.1. The van der Waals surface area contributed by atoms with Gasteiger partial charge in [-0.25, -0.2) is 4.79 Å². The van der Waals surface area contributed by atoms with E-state index in [4.69, 9.17) is 14.2 Å². The first-order valence-electron chi connectivity index (χ1n) is 9.02. The van der Waals surface area contributed by atoms with Gasteiger partial charge in [0.1, 0.15) is 38.1 Å². The van der Waals surface area contributed by atoms with Crippen LogP contribution in [0.4, 0.5) is 0 Å². The summed E-state index contributed by atoms with van der Waals surface area (Å²) >= 11 is 7.93. The molecule has 1 saturated heterocycles. The number of methoxy groups -OCH3 is 2. The molecular formula is C19H18Br2N2O8S. The predicted octanol–water partition coefficient (Wildman–Crippen LogP) is 2.54. The van der Waals surface area contributed by atoms with Crippen LogP contribution in [0.2, 0.25) is 0 Å². The highest BCUT2D eigenvalue weighted by Gasteiger charge is 2.53. The average molecular weight is 594 g/mol. The van der Waals surface area contributed by atoms with E-state index in [0.717, 1.165) is 4.90 Å². The number of benzene rings is 1. The molecule has 1 amide bonds. The smallest absolute Gasteiger partial charge is 0.352 e. The zero-order chi connectivity index (χ0) is 23.7. The fourth-order valence-electron chi connectivity index (χ4n) is 3.27. The largest absolute Gasteiger partial charge is 0.506 e. The lowest BCUT2D eigenvalue weighted by Crippen LogP contribution is -2.64. The highest BCUT2D eigenvalue weighted by atomic mass is 79.9. The molecule has 2 aliphatic rings. The highest BCUT2D eigenvalue weighted by Crippen LogP contribution is 2.48. The fraction of sp³-hybridized carbons (Fsp3) is 0.368. The summed E-state index contributed by atoms with van der Waals surface area (Å²) in [5.41, 5.74) is 0.359. The van der Waals surface area contributed by atoms with Crippen LogP contribution in [0.25, 0.3) is 0 Å². The van der Waals surface area contributed by atoms with Crippen LogP contribution < -0.4 is 9.47 Å². The van der Waals surface area contributed by atoms with Crippen LogP contribution in [0.1, 0.15) is 12.5 Å². The molecule has 0 bridgehead atoms. The van der Waals surface area contributed by atoms with Crippen LogP contribution in [0.5, 0.6) is 17.2 Å². The summed E-state index contributed by atoms with van der Waals surface area (Å²) in [5.74, 6) is -1.69. The number of carbonyl (C=O) groups is 3. The van der Waals surface area contributed by atoms with Crippen molar-refractivity contribution >= 4 is 67.7 Å². The minimum absolute atomic E-state index is 0.193. The van der Waals surface area contributed by atoms with Crippen molar-refractivity contribution in [2.45, 2.75) is 18.3 Å². The number of ether oxygens (including phenoxy) is 3. The van der Waals surface area contributed by atoms with E-state index in [1.165, 1.54) is 39.1 Å². The minimum atomic E-state index is -1.28. The van der Waals surface area contributed by atoms with Gasteiger partial charge in [0.15, 0.2) is 11.8 Å². The number of fused-ring (bicyclic) bond motifs is 1. The van der Waals surface area contributed by atoms with E-state index in [9.17, 15) is 24.6 Å². The number of esters is 1. The summed E-state index contributed by atoms with van der Waals surface area (Å²) in [6.07, 6.45) is 1.31. The first-order chi connectivity index (χ1) is 15.1. The topological polar surface area (TPSA) is 135 Å². The number of aromatic hydroxyl groups is 1. The van der Waals surface area contributed by atoms with Gasteiger partial charge in [0.05, 0.1) is 19.8 Å². The molecule has 13 heteroatoms. The number of phenols is 1. The summed E-state index contributed by atoms with van der Waals surface area (Å²) in [6.45, 7) is 1.02. The van der Waals surface area contributed by atoms with Gasteiger partial charge in [-0.1, -0.05) is 0 Å². The number of aliphatic imine (C=N–C) groups is 1. The lowest BCUT2D eigenvalue weighted by atomic mass is 10.0. The van der Waals surface area contributed by atoms with Crippen LogP contribution in [-0.2, 0) is 19.1 Å². The third-order valence-corrected chi connectivity index (χ3v) is 7.53. The highest BCUT2D eigenvalue weighted by molar-refractivity contribution is 9.11. The van der Waals surface area contributed by atoms with Crippen molar-refractivity contribution < 1.29 is 38.8 Å². The second-order valence-corrected chi connectivity index (χ2v) is 9.32. The van der Waals surface area contributed by atoms with E-state index in [-0.39, 0.29) is 39.6 Å². The molecule has 2 N–H and O–H groups in total. The second kappa shape index (κ2) is 9.71. The third kappa shape index (κ3) is 4.20. The number of hydrogen-bond acceptors (Lipinski definition) is 9. The predicted molar refractivity (Wildman–Crippen MR) is 122 cm³/mol. The van der Waals surface area contributed by atoms with Crippen molar-refractivity contribution in [1.82, 2.24) is 4.90 Å². The first kappa shape index (κ1) is 24.4. The minimum Gasteiger partial charge on any atom is -0.506 e. The van der Waals surface area contributed by atoms with E-state index < -0.39 is 29.3 Å². The Morgan fingerprint density at radius 1 is 1.25 bits per heavy atom. The van der Waals surface area contributed by atoms with Gasteiger partial charge in [0, 0.05) is 24.5 Å². The van der Waals surface area contributed by atoms with Crippen LogP contribution >= 0.6 is 43.6 Å². The van der Waals surface area contributed by atoms with Gasteiger partial charge in [0.25, 0.3) is 5.91 Å². The molecule has 0 aliphatic carbocycles. The SMILES string of the molecule is COc1c(Br)c(O)c(C=N[C@@H]2C(=O)N3C(C(=O)O)=C(COC(C)=O)CS[C@H]23)c(OC)c1Br. The molecule has 2 atom stereocenters. The molecule has 1 fully saturated rings. The van der Waals surface area contributed by atoms with Gasteiger partial charge in [-0.3, -0.25) is 19.5 Å². The number of nitrogens with zero attached hydrogens (tertiary/aromatic N) is 2. The molecule has 32 heavy (non-hydrogen) atoms. The quantitative estimate of drug-likeness (QED) is 0.278. The van der Waals surface area contributed by atoms with E-state index in [1.807, 2.05) is 0 Å².